The maximum absolute atomic E-state index is 12.0. The number of unbranched alkanes of at least 4 members (excludes halogenated alkanes) is 2. The van der Waals surface area contributed by atoms with Gasteiger partial charge in [-0.15, -0.1) is 0 Å². The molecule has 0 saturated heterocycles. The van der Waals surface area contributed by atoms with E-state index >= 15 is 0 Å². The number of nitrogens with zero attached hydrogens (tertiary/aromatic N) is 1. The molecule has 0 spiro atoms. The number of amides is 1. The van der Waals surface area contributed by atoms with Crippen LogP contribution in [0.15, 0.2) is 52.1 Å². The van der Waals surface area contributed by atoms with Crippen LogP contribution in [0, 0.1) is 0 Å². The van der Waals surface area contributed by atoms with Gasteiger partial charge in [0.05, 0.1) is 6.26 Å². The van der Waals surface area contributed by atoms with E-state index in [4.69, 9.17) is 4.42 Å². The Kier molecular flexibility index (Phi) is 7.56. The molecule has 1 heterocycles. The fourth-order valence-electron chi connectivity index (χ4n) is 2.35. The molecule has 2 aromatic rings. The highest BCUT2D eigenvalue weighted by molar-refractivity contribution is 6.02. The Labute approximate surface area is 148 Å². The number of aliphatic imine (C=N–C) groups is 1. The molecule has 6 heteroatoms. The van der Waals surface area contributed by atoms with Crippen molar-refractivity contribution in [1.82, 2.24) is 10.6 Å². The van der Waals surface area contributed by atoms with E-state index in [0.717, 1.165) is 30.2 Å². The molecule has 0 radical (unpaired) electrons. The van der Waals surface area contributed by atoms with Gasteiger partial charge in [-0.2, -0.15) is 0 Å². The molecular weight excluding hydrogens is 316 g/mol. The van der Waals surface area contributed by atoms with Gasteiger partial charge in [-0.1, -0.05) is 31.9 Å². The minimum atomic E-state index is -0.261. The summed E-state index contributed by atoms with van der Waals surface area (Å²) in [5.74, 6) is 0.810. The van der Waals surface area contributed by atoms with Crippen molar-refractivity contribution in [3.05, 3.63) is 54.0 Å². The molecule has 0 saturated carbocycles. The number of hydrogen-bond acceptors (Lipinski definition) is 3. The third-order valence-electron chi connectivity index (χ3n) is 3.69. The molecule has 6 nitrogen and oxygen atoms in total. The number of anilines is 1. The lowest BCUT2D eigenvalue weighted by Gasteiger charge is -2.12. The summed E-state index contributed by atoms with van der Waals surface area (Å²) >= 11 is 0. The van der Waals surface area contributed by atoms with Crippen LogP contribution < -0.4 is 16.0 Å². The van der Waals surface area contributed by atoms with E-state index < -0.39 is 0 Å². The van der Waals surface area contributed by atoms with Crippen molar-refractivity contribution in [3.63, 3.8) is 0 Å². The molecule has 3 N–H and O–H groups in total. The smallest absolute Gasteiger partial charge is 0.291 e. The SMILES string of the molecule is CCCCCNC(=NC)NCc1cccc(NC(=O)c2ccco2)c1. The zero-order valence-electron chi connectivity index (χ0n) is 14.8. The van der Waals surface area contributed by atoms with Crippen molar-refractivity contribution in [2.45, 2.75) is 32.7 Å². The van der Waals surface area contributed by atoms with Gasteiger partial charge in [-0.3, -0.25) is 9.79 Å². The standard InChI is InChI=1S/C19H26N4O2/c1-3-4-5-11-21-19(20-2)22-14-15-8-6-9-16(13-15)23-18(24)17-10-7-12-25-17/h6-10,12-13H,3-5,11,14H2,1-2H3,(H,23,24)(H2,20,21,22). The summed E-state index contributed by atoms with van der Waals surface area (Å²) in [5, 5.41) is 9.40. The minimum Gasteiger partial charge on any atom is -0.459 e. The molecule has 1 aromatic carbocycles. The number of benzene rings is 1. The molecule has 1 aromatic heterocycles. The van der Waals surface area contributed by atoms with Crippen molar-refractivity contribution in [1.29, 1.82) is 0 Å². The van der Waals surface area contributed by atoms with Gasteiger partial charge in [0.2, 0.25) is 0 Å². The van der Waals surface area contributed by atoms with Gasteiger partial charge in [0.25, 0.3) is 5.91 Å². The highest BCUT2D eigenvalue weighted by atomic mass is 16.3. The van der Waals surface area contributed by atoms with Crippen LogP contribution in [0.3, 0.4) is 0 Å². The fraction of sp³-hybridized carbons (Fsp3) is 0.368. The van der Waals surface area contributed by atoms with E-state index in [1.165, 1.54) is 19.1 Å². The first-order valence-electron chi connectivity index (χ1n) is 8.61. The number of guanidine groups is 1. The van der Waals surface area contributed by atoms with Crippen LogP contribution in [-0.2, 0) is 6.54 Å². The molecule has 0 aliphatic heterocycles. The summed E-state index contributed by atoms with van der Waals surface area (Å²) in [6.07, 6.45) is 5.02. The molecule has 0 aliphatic rings. The van der Waals surface area contributed by atoms with Crippen molar-refractivity contribution in [2.75, 3.05) is 18.9 Å². The van der Waals surface area contributed by atoms with Gasteiger partial charge in [0.1, 0.15) is 0 Å². The molecule has 2 rings (SSSR count). The third-order valence-corrected chi connectivity index (χ3v) is 3.69. The Morgan fingerprint density at radius 3 is 2.76 bits per heavy atom. The van der Waals surface area contributed by atoms with Gasteiger partial charge in [-0.25, -0.2) is 0 Å². The maximum Gasteiger partial charge on any atom is 0.291 e. The van der Waals surface area contributed by atoms with E-state index in [1.807, 2.05) is 24.3 Å². The minimum absolute atomic E-state index is 0.261. The zero-order valence-corrected chi connectivity index (χ0v) is 14.8. The van der Waals surface area contributed by atoms with Gasteiger partial charge in [0, 0.05) is 25.8 Å². The van der Waals surface area contributed by atoms with Crippen LogP contribution in [0.25, 0.3) is 0 Å². The number of nitrogens with one attached hydrogen (secondary N) is 3. The molecule has 0 unspecified atom stereocenters. The van der Waals surface area contributed by atoms with E-state index in [0.29, 0.717) is 12.3 Å². The average molecular weight is 342 g/mol. The quantitative estimate of drug-likeness (QED) is 0.390. The molecule has 0 atom stereocenters. The third kappa shape index (κ3) is 6.33. The second kappa shape index (κ2) is 10.2. The van der Waals surface area contributed by atoms with Crippen molar-refractivity contribution in [3.8, 4) is 0 Å². The predicted octanol–water partition coefficient (Wildman–Crippen LogP) is 3.39. The molecular formula is C19H26N4O2. The molecule has 25 heavy (non-hydrogen) atoms. The fourth-order valence-corrected chi connectivity index (χ4v) is 2.35. The highest BCUT2D eigenvalue weighted by Gasteiger charge is 2.08. The van der Waals surface area contributed by atoms with Crippen molar-refractivity contribution in [2.24, 2.45) is 4.99 Å². The summed E-state index contributed by atoms with van der Waals surface area (Å²) in [6.45, 7) is 3.72. The lowest BCUT2D eigenvalue weighted by atomic mass is 10.2. The Hall–Kier alpha value is -2.76. The first-order valence-corrected chi connectivity index (χ1v) is 8.61. The van der Waals surface area contributed by atoms with E-state index in [1.54, 1.807) is 19.2 Å². The second-order valence-corrected chi connectivity index (χ2v) is 5.69. The highest BCUT2D eigenvalue weighted by Crippen LogP contribution is 2.12. The normalized spacial score (nSPS) is 11.2. The molecule has 0 bridgehead atoms. The number of carbonyl (C=O) groups is 1. The average Bonchev–Trinajstić information content (AvgIpc) is 3.16. The van der Waals surface area contributed by atoms with Crippen LogP contribution in [0.1, 0.15) is 42.3 Å². The Morgan fingerprint density at radius 2 is 2.04 bits per heavy atom. The van der Waals surface area contributed by atoms with Crippen LogP contribution in [0.4, 0.5) is 5.69 Å². The Balaban J connectivity index is 1.85. The summed E-state index contributed by atoms with van der Waals surface area (Å²) in [5.41, 5.74) is 1.78. The molecule has 1 amide bonds. The summed E-state index contributed by atoms with van der Waals surface area (Å²) in [4.78, 5) is 16.2. The van der Waals surface area contributed by atoms with Crippen LogP contribution in [-0.4, -0.2) is 25.5 Å². The summed E-state index contributed by atoms with van der Waals surface area (Å²) < 4.78 is 5.10. The van der Waals surface area contributed by atoms with E-state index in [2.05, 4.69) is 27.9 Å². The number of hydrogen-bond donors (Lipinski definition) is 3. The van der Waals surface area contributed by atoms with E-state index in [-0.39, 0.29) is 5.91 Å². The van der Waals surface area contributed by atoms with Gasteiger partial charge in [0.15, 0.2) is 11.7 Å². The molecule has 0 aliphatic carbocycles. The number of furan rings is 1. The van der Waals surface area contributed by atoms with Crippen LogP contribution in [0.5, 0.6) is 0 Å². The zero-order chi connectivity index (χ0) is 17.9. The van der Waals surface area contributed by atoms with Crippen LogP contribution in [0.2, 0.25) is 0 Å². The van der Waals surface area contributed by atoms with Gasteiger partial charge < -0.3 is 20.4 Å². The first kappa shape index (κ1) is 18.6. The number of carbonyl (C=O) groups excluding carboxylic acids is 1. The molecule has 134 valence electrons. The lowest BCUT2D eigenvalue weighted by Crippen LogP contribution is -2.37. The largest absolute Gasteiger partial charge is 0.459 e. The Morgan fingerprint density at radius 1 is 1.16 bits per heavy atom. The lowest BCUT2D eigenvalue weighted by molar-refractivity contribution is 0.0996. The first-order chi connectivity index (χ1) is 12.2. The van der Waals surface area contributed by atoms with Crippen LogP contribution >= 0.6 is 0 Å². The summed E-state index contributed by atoms with van der Waals surface area (Å²) in [7, 11) is 1.76. The van der Waals surface area contributed by atoms with Gasteiger partial charge >= 0.3 is 0 Å². The second-order valence-electron chi connectivity index (χ2n) is 5.69. The van der Waals surface area contributed by atoms with Crippen molar-refractivity contribution >= 4 is 17.6 Å². The topological polar surface area (TPSA) is 78.7 Å². The summed E-state index contributed by atoms with van der Waals surface area (Å²) in [6, 6.07) is 11.0. The Bertz CT molecular complexity index is 680. The molecule has 0 fully saturated rings. The van der Waals surface area contributed by atoms with Gasteiger partial charge in [-0.05, 0) is 36.2 Å². The van der Waals surface area contributed by atoms with Crippen molar-refractivity contribution < 1.29 is 9.21 Å². The monoisotopic (exact) mass is 342 g/mol. The van der Waals surface area contributed by atoms with E-state index in [9.17, 15) is 4.79 Å². The maximum atomic E-state index is 12.0. The predicted molar refractivity (Wildman–Crippen MR) is 101 cm³/mol. The number of rotatable bonds is 8.